The molecule has 0 radical (unpaired) electrons. The van der Waals surface area contributed by atoms with Crippen molar-refractivity contribution in [3.63, 3.8) is 0 Å². The first-order valence-electron chi connectivity index (χ1n) is 6.36. The molecule has 2 aromatic rings. The molecule has 4 heteroatoms. The monoisotopic (exact) mass is 304 g/mol. The number of carboxylic acids is 1. The van der Waals surface area contributed by atoms with Crippen LogP contribution in [0, 0.1) is 0 Å². The van der Waals surface area contributed by atoms with E-state index in [2.05, 4.69) is 0 Å². The average molecular weight is 305 g/mol. The first kappa shape index (κ1) is 13.5. The molecule has 3 rings (SSSR count). The van der Waals surface area contributed by atoms with Crippen molar-refractivity contribution in [3.8, 4) is 0 Å². The van der Waals surface area contributed by atoms with Gasteiger partial charge < -0.3 is 5.11 Å². The van der Waals surface area contributed by atoms with Gasteiger partial charge >= 0.3 is 5.97 Å². The number of carboxylic acid groups (broad SMARTS) is 1. The van der Waals surface area contributed by atoms with Gasteiger partial charge in [0.25, 0.3) is 0 Å². The number of benzene rings is 2. The minimum Gasteiger partial charge on any atom is -0.481 e. The number of hydrogen-bond acceptors (Lipinski definition) is 2. The van der Waals surface area contributed by atoms with Gasteiger partial charge in [-0.25, -0.2) is 0 Å². The number of rotatable bonds is 2. The fourth-order valence-corrected chi connectivity index (χ4v) is 3.59. The molecule has 2 nitrogen and oxygen atoms in total. The lowest BCUT2D eigenvalue weighted by atomic mass is 9.96. The van der Waals surface area contributed by atoms with E-state index in [1.165, 1.54) is 20.9 Å². The Labute approximate surface area is 126 Å². The number of fused-ring (bicyclic) bond motifs is 2. The maximum absolute atomic E-state index is 11.1. The van der Waals surface area contributed by atoms with E-state index < -0.39 is 11.9 Å². The number of carbonyl (C=O) groups is 1. The molecule has 0 aliphatic carbocycles. The van der Waals surface area contributed by atoms with Crippen LogP contribution >= 0.6 is 23.4 Å². The lowest BCUT2D eigenvalue weighted by Gasteiger charge is -2.20. The van der Waals surface area contributed by atoms with Crippen LogP contribution in [0.15, 0.2) is 46.2 Å². The van der Waals surface area contributed by atoms with Crippen molar-refractivity contribution in [2.45, 2.75) is 29.1 Å². The van der Waals surface area contributed by atoms with Crippen LogP contribution in [-0.4, -0.2) is 11.1 Å². The van der Waals surface area contributed by atoms with Crippen molar-refractivity contribution in [1.82, 2.24) is 0 Å². The molecule has 0 amide bonds. The van der Waals surface area contributed by atoms with E-state index in [1.807, 2.05) is 36.4 Å². The molecule has 1 heterocycles. The van der Waals surface area contributed by atoms with Gasteiger partial charge in [-0.05, 0) is 54.3 Å². The summed E-state index contributed by atoms with van der Waals surface area (Å²) >= 11 is 7.75. The predicted octanol–water partition coefficient (Wildman–Crippen LogP) is 4.58. The molecule has 0 fully saturated rings. The van der Waals surface area contributed by atoms with Crippen LogP contribution in [0.2, 0.25) is 5.02 Å². The second-order valence-electron chi connectivity index (χ2n) is 4.96. The third kappa shape index (κ3) is 2.43. The SMILES string of the molecule is CC(C(=O)O)c1ccc2c(c1)Cc1cc(Cl)ccc1S2. The largest absolute Gasteiger partial charge is 0.481 e. The van der Waals surface area contributed by atoms with E-state index in [1.54, 1.807) is 18.7 Å². The summed E-state index contributed by atoms with van der Waals surface area (Å²) in [5.41, 5.74) is 3.23. The van der Waals surface area contributed by atoms with Crippen molar-refractivity contribution >= 4 is 29.3 Å². The number of aliphatic carboxylic acids is 1. The highest BCUT2D eigenvalue weighted by Crippen LogP contribution is 2.41. The van der Waals surface area contributed by atoms with Gasteiger partial charge in [-0.15, -0.1) is 0 Å². The van der Waals surface area contributed by atoms with Crippen LogP contribution in [0.5, 0.6) is 0 Å². The summed E-state index contributed by atoms with van der Waals surface area (Å²) in [5.74, 6) is -1.28. The van der Waals surface area contributed by atoms with E-state index in [4.69, 9.17) is 16.7 Å². The molecule has 1 aliphatic rings. The number of halogens is 1. The Morgan fingerprint density at radius 3 is 2.55 bits per heavy atom. The van der Waals surface area contributed by atoms with Crippen LogP contribution in [0.25, 0.3) is 0 Å². The van der Waals surface area contributed by atoms with Crippen LogP contribution in [0.3, 0.4) is 0 Å². The summed E-state index contributed by atoms with van der Waals surface area (Å²) in [7, 11) is 0. The van der Waals surface area contributed by atoms with Crippen LogP contribution < -0.4 is 0 Å². The summed E-state index contributed by atoms with van der Waals surface area (Å²) in [4.78, 5) is 13.5. The molecule has 20 heavy (non-hydrogen) atoms. The van der Waals surface area contributed by atoms with E-state index in [9.17, 15) is 4.79 Å². The first-order valence-corrected chi connectivity index (χ1v) is 7.56. The normalized spacial score (nSPS) is 14.3. The van der Waals surface area contributed by atoms with Gasteiger partial charge in [-0.1, -0.05) is 35.5 Å². The van der Waals surface area contributed by atoms with Crippen LogP contribution in [-0.2, 0) is 11.2 Å². The minimum atomic E-state index is -0.795. The lowest BCUT2D eigenvalue weighted by Crippen LogP contribution is -2.09. The Balaban J connectivity index is 1.99. The second kappa shape index (κ2) is 5.15. The molecule has 0 saturated carbocycles. The Morgan fingerprint density at radius 1 is 1.20 bits per heavy atom. The number of hydrogen-bond donors (Lipinski definition) is 1. The fraction of sp³-hybridized carbons (Fsp3) is 0.188. The molecule has 1 aliphatic heterocycles. The standard InChI is InChI=1S/C16H13ClO2S/c1-9(16(18)19)10-2-4-14-11(6-10)7-12-8-13(17)3-5-15(12)20-14/h2-6,8-9H,7H2,1H3,(H,18,19). The maximum Gasteiger partial charge on any atom is 0.310 e. The summed E-state index contributed by atoms with van der Waals surface area (Å²) in [5, 5.41) is 9.85. The van der Waals surface area contributed by atoms with Crippen molar-refractivity contribution in [3.05, 3.63) is 58.1 Å². The molecule has 0 saturated heterocycles. The van der Waals surface area contributed by atoms with Crippen molar-refractivity contribution in [2.24, 2.45) is 0 Å². The summed E-state index contributed by atoms with van der Waals surface area (Å²) < 4.78 is 0. The molecule has 1 unspecified atom stereocenters. The third-order valence-electron chi connectivity index (χ3n) is 3.58. The zero-order chi connectivity index (χ0) is 14.3. The van der Waals surface area contributed by atoms with Crippen molar-refractivity contribution < 1.29 is 9.90 Å². The zero-order valence-corrected chi connectivity index (χ0v) is 12.5. The van der Waals surface area contributed by atoms with Gasteiger partial charge in [0.05, 0.1) is 5.92 Å². The second-order valence-corrected chi connectivity index (χ2v) is 6.48. The molecule has 102 valence electrons. The summed E-state index contributed by atoms with van der Waals surface area (Å²) in [6.07, 6.45) is 0.804. The highest BCUT2D eigenvalue weighted by molar-refractivity contribution is 7.99. The van der Waals surface area contributed by atoms with E-state index in [0.717, 1.165) is 17.0 Å². The van der Waals surface area contributed by atoms with Crippen molar-refractivity contribution in [1.29, 1.82) is 0 Å². The molecular weight excluding hydrogens is 292 g/mol. The Kier molecular flexibility index (Phi) is 3.48. The Morgan fingerprint density at radius 2 is 1.85 bits per heavy atom. The molecular formula is C16H13ClO2S. The minimum absolute atomic E-state index is 0.481. The van der Waals surface area contributed by atoms with E-state index in [-0.39, 0.29) is 0 Å². The van der Waals surface area contributed by atoms with Crippen LogP contribution in [0.1, 0.15) is 29.5 Å². The van der Waals surface area contributed by atoms with Crippen LogP contribution in [0.4, 0.5) is 0 Å². The van der Waals surface area contributed by atoms with E-state index >= 15 is 0 Å². The Bertz CT molecular complexity index is 697. The van der Waals surface area contributed by atoms with Crippen molar-refractivity contribution in [2.75, 3.05) is 0 Å². The smallest absolute Gasteiger partial charge is 0.310 e. The molecule has 0 bridgehead atoms. The summed E-state index contributed by atoms with van der Waals surface area (Å²) in [6.45, 7) is 1.71. The quantitative estimate of drug-likeness (QED) is 0.753. The summed E-state index contributed by atoms with van der Waals surface area (Å²) in [6, 6.07) is 11.9. The third-order valence-corrected chi connectivity index (χ3v) is 5.05. The maximum atomic E-state index is 11.1. The molecule has 0 spiro atoms. The van der Waals surface area contributed by atoms with Gasteiger partial charge in [0.1, 0.15) is 0 Å². The Hall–Kier alpha value is -1.45. The molecule has 1 N–H and O–H groups in total. The molecule has 1 atom stereocenters. The first-order chi connectivity index (χ1) is 9.54. The highest BCUT2D eigenvalue weighted by atomic mass is 35.5. The molecule has 0 aromatic heterocycles. The molecule has 2 aromatic carbocycles. The average Bonchev–Trinajstić information content (AvgIpc) is 2.43. The topological polar surface area (TPSA) is 37.3 Å². The fourth-order valence-electron chi connectivity index (χ4n) is 2.36. The van der Waals surface area contributed by atoms with E-state index in [0.29, 0.717) is 0 Å². The predicted molar refractivity (Wildman–Crippen MR) is 80.9 cm³/mol. The van der Waals surface area contributed by atoms with Gasteiger partial charge in [-0.3, -0.25) is 4.79 Å². The van der Waals surface area contributed by atoms with Gasteiger partial charge in [0.2, 0.25) is 0 Å². The van der Waals surface area contributed by atoms with Gasteiger partial charge in [-0.2, -0.15) is 0 Å². The van der Waals surface area contributed by atoms with Gasteiger partial charge in [0.15, 0.2) is 0 Å². The van der Waals surface area contributed by atoms with Gasteiger partial charge in [0, 0.05) is 14.8 Å². The highest BCUT2D eigenvalue weighted by Gasteiger charge is 2.20. The lowest BCUT2D eigenvalue weighted by molar-refractivity contribution is -0.138. The zero-order valence-electron chi connectivity index (χ0n) is 10.9.